The van der Waals surface area contributed by atoms with Gasteiger partial charge in [0, 0.05) is 16.7 Å². The Bertz CT molecular complexity index is 366. The summed E-state index contributed by atoms with van der Waals surface area (Å²) in [6.07, 6.45) is 1.36. The molecule has 1 unspecified atom stereocenters. The molecular formula is C10H12INO2S. The first-order valence-corrected chi connectivity index (χ1v) is 6.84. The number of halogens is 1. The first-order chi connectivity index (χ1) is 7.18. The summed E-state index contributed by atoms with van der Waals surface area (Å²) in [5.41, 5.74) is 0. The van der Waals surface area contributed by atoms with E-state index in [2.05, 4.69) is 22.6 Å². The predicted octanol–water partition coefficient (Wildman–Crippen LogP) is 1.95. The lowest BCUT2D eigenvalue weighted by atomic mass is 10.1. The molecule has 2 rings (SSSR count). The maximum absolute atomic E-state index is 12.0. The number of aliphatic hydroxyl groups excluding tert-OH is 1. The number of carbonyl (C=O) groups excluding carboxylic acids is 1. The van der Waals surface area contributed by atoms with Crippen LogP contribution in [-0.2, 0) is 0 Å². The van der Waals surface area contributed by atoms with E-state index in [9.17, 15) is 9.90 Å². The molecule has 0 bridgehead atoms. The molecule has 0 aliphatic carbocycles. The molecule has 82 valence electrons. The normalized spacial score (nSPS) is 21.7. The molecule has 1 aliphatic heterocycles. The number of amides is 1. The van der Waals surface area contributed by atoms with Crippen LogP contribution in [0.1, 0.15) is 22.5 Å². The third-order valence-electron chi connectivity index (χ3n) is 2.50. The Morgan fingerprint density at radius 3 is 3.07 bits per heavy atom. The van der Waals surface area contributed by atoms with Gasteiger partial charge >= 0.3 is 0 Å². The molecule has 0 saturated carbocycles. The molecule has 1 fully saturated rings. The number of rotatable bonds is 1. The van der Waals surface area contributed by atoms with E-state index in [0.717, 1.165) is 27.8 Å². The summed E-state index contributed by atoms with van der Waals surface area (Å²) in [6, 6.07) is 1.94. The average Bonchev–Trinajstić information content (AvgIpc) is 2.63. The number of hydrogen-bond acceptors (Lipinski definition) is 3. The maximum Gasteiger partial charge on any atom is 0.265 e. The summed E-state index contributed by atoms with van der Waals surface area (Å²) < 4.78 is 1.00. The van der Waals surface area contributed by atoms with E-state index in [1.165, 1.54) is 11.3 Å². The Balaban J connectivity index is 2.11. The number of aliphatic hydroxyl groups is 1. The van der Waals surface area contributed by atoms with Crippen LogP contribution in [0.25, 0.3) is 0 Å². The molecule has 1 atom stereocenters. The average molecular weight is 337 g/mol. The lowest BCUT2D eigenvalue weighted by Gasteiger charge is -2.29. The number of nitrogens with zero attached hydrogens (tertiary/aromatic N) is 1. The smallest absolute Gasteiger partial charge is 0.265 e. The van der Waals surface area contributed by atoms with Crippen molar-refractivity contribution in [2.45, 2.75) is 18.9 Å². The van der Waals surface area contributed by atoms with Gasteiger partial charge in [-0.25, -0.2) is 0 Å². The van der Waals surface area contributed by atoms with Gasteiger partial charge in [0.1, 0.15) is 4.88 Å². The van der Waals surface area contributed by atoms with Crippen molar-refractivity contribution in [3.63, 3.8) is 0 Å². The van der Waals surface area contributed by atoms with E-state index in [0.29, 0.717) is 6.54 Å². The van der Waals surface area contributed by atoms with E-state index < -0.39 is 0 Å². The molecule has 5 heteroatoms. The zero-order valence-corrected chi connectivity index (χ0v) is 11.1. The van der Waals surface area contributed by atoms with Crippen LogP contribution in [0, 0.1) is 3.57 Å². The Morgan fingerprint density at radius 2 is 2.47 bits per heavy atom. The number of likely N-dealkylation sites (tertiary alicyclic amines) is 1. The van der Waals surface area contributed by atoms with E-state index in [-0.39, 0.29) is 12.0 Å². The van der Waals surface area contributed by atoms with E-state index in [1.54, 1.807) is 4.90 Å². The molecule has 1 aromatic heterocycles. The Labute approximate surface area is 106 Å². The number of β-amino-alcohol motifs (C(OH)–C–C–N with tert-alkyl or cyclic N) is 1. The highest BCUT2D eigenvalue weighted by atomic mass is 127. The first-order valence-electron chi connectivity index (χ1n) is 4.89. The monoisotopic (exact) mass is 337 g/mol. The minimum atomic E-state index is -0.347. The number of piperidine rings is 1. The summed E-state index contributed by atoms with van der Waals surface area (Å²) in [4.78, 5) is 14.6. The molecule has 0 radical (unpaired) electrons. The maximum atomic E-state index is 12.0. The van der Waals surface area contributed by atoms with Crippen molar-refractivity contribution in [1.82, 2.24) is 4.90 Å². The van der Waals surface area contributed by atoms with Crippen LogP contribution >= 0.6 is 33.9 Å². The second kappa shape index (κ2) is 4.80. The van der Waals surface area contributed by atoms with Crippen molar-refractivity contribution in [2.24, 2.45) is 0 Å². The molecule has 1 aromatic rings. The highest BCUT2D eigenvalue weighted by Gasteiger charge is 2.24. The third kappa shape index (κ3) is 2.51. The number of thiophene rings is 1. The van der Waals surface area contributed by atoms with Crippen molar-refractivity contribution in [1.29, 1.82) is 0 Å². The highest BCUT2D eigenvalue weighted by Crippen LogP contribution is 2.22. The minimum Gasteiger partial charge on any atom is -0.391 e. The second-order valence-corrected chi connectivity index (χ2v) is 5.72. The zero-order chi connectivity index (χ0) is 10.8. The number of carbonyl (C=O) groups is 1. The second-order valence-electron chi connectivity index (χ2n) is 3.64. The van der Waals surface area contributed by atoms with Crippen LogP contribution in [0.2, 0.25) is 0 Å². The Morgan fingerprint density at radius 1 is 1.67 bits per heavy atom. The van der Waals surface area contributed by atoms with Crippen LogP contribution in [0.15, 0.2) is 11.4 Å². The Hall–Kier alpha value is -0.140. The van der Waals surface area contributed by atoms with Crippen LogP contribution in [0.4, 0.5) is 0 Å². The fourth-order valence-electron chi connectivity index (χ4n) is 1.73. The van der Waals surface area contributed by atoms with Crippen LogP contribution in [0.5, 0.6) is 0 Å². The largest absolute Gasteiger partial charge is 0.391 e. The van der Waals surface area contributed by atoms with Gasteiger partial charge in [0.05, 0.1) is 6.10 Å². The summed E-state index contributed by atoms with van der Waals surface area (Å²) in [6.45, 7) is 1.25. The minimum absolute atomic E-state index is 0.0631. The molecule has 3 nitrogen and oxygen atoms in total. The first kappa shape index (κ1) is 11.3. The van der Waals surface area contributed by atoms with Crippen molar-refractivity contribution in [3.05, 3.63) is 19.9 Å². The van der Waals surface area contributed by atoms with Crippen LogP contribution in [-0.4, -0.2) is 35.1 Å². The lowest BCUT2D eigenvalue weighted by Crippen LogP contribution is -2.42. The standard InChI is InChI=1S/C10H12INO2S/c11-8-3-5-15-9(8)10(14)12-4-1-2-7(13)6-12/h3,5,7,13H,1-2,4,6H2. The van der Waals surface area contributed by atoms with Gasteiger partial charge in [-0.05, 0) is 46.9 Å². The van der Waals surface area contributed by atoms with Gasteiger partial charge in [0.2, 0.25) is 0 Å². The molecular weight excluding hydrogens is 325 g/mol. The fourth-order valence-corrected chi connectivity index (χ4v) is 3.52. The molecule has 15 heavy (non-hydrogen) atoms. The van der Waals surface area contributed by atoms with Crippen molar-refractivity contribution in [2.75, 3.05) is 13.1 Å². The zero-order valence-electron chi connectivity index (χ0n) is 8.15. The van der Waals surface area contributed by atoms with E-state index in [4.69, 9.17) is 0 Å². The van der Waals surface area contributed by atoms with Gasteiger partial charge < -0.3 is 10.0 Å². The van der Waals surface area contributed by atoms with Gasteiger partial charge in [-0.3, -0.25) is 4.79 Å². The lowest BCUT2D eigenvalue weighted by molar-refractivity contribution is 0.0477. The summed E-state index contributed by atoms with van der Waals surface area (Å²) >= 11 is 3.64. The molecule has 2 heterocycles. The van der Waals surface area contributed by atoms with Crippen LogP contribution in [0.3, 0.4) is 0 Å². The van der Waals surface area contributed by atoms with Crippen LogP contribution < -0.4 is 0 Å². The van der Waals surface area contributed by atoms with Gasteiger partial charge in [-0.1, -0.05) is 0 Å². The fraction of sp³-hybridized carbons (Fsp3) is 0.500. The molecule has 0 spiro atoms. The summed E-state index contributed by atoms with van der Waals surface area (Å²) in [7, 11) is 0. The van der Waals surface area contributed by atoms with Gasteiger partial charge in [-0.15, -0.1) is 11.3 Å². The summed E-state index contributed by atoms with van der Waals surface area (Å²) in [5, 5.41) is 11.4. The number of hydrogen-bond donors (Lipinski definition) is 1. The molecule has 1 saturated heterocycles. The van der Waals surface area contributed by atoms with E-state index in [1.807, 2.05) is 11.4 Å². The third-order valence-corrected chi connectivity index (χ3v) is 4.66. The van der Waals surface area contributed by atoms with Gasteiger partial charge in [-0.2, -0.15) is 0 Å². The van der Waals surface area contributed by atoms with Crippen molar-refractivity contribution in [3.8, 4) is 0 Å². The van der Waals surface area contributed by atoms with Crippen molar-refractivity contribution < 1.29 is 9.90 Å². The molecule has 1 N–H and O–H groups in total. The quantitative estimate of drug-likeness (QED) is 0.796. The van der Waals surface area contributed by atoms with Gasteiger partial charge in [0.15, 0.2) is 0 Å². The predicted molar refractivity (Wildman–Crippen MR) is 68.2 cm³/mol. The Kier molecular flexibility index (Phi) is 3.63. The molecule has 1 aliphatic rings. The van der Waals surface area contributed by atoms with E-state index >= 15 is 0 Å². The van der Waals surface area contributed by atoms with Gasteiger partial charge in [0.25, 0.3) is 5.91 Å². The summed E-state index contributed by atoms with van der Waals surface area (Å²) in [5.74, 6) is 0.0631. The molecule has 1 amide bonds. The topological polar surface area (TPSA) is 40.5 Å². The SMILES string of the molecule is O=C(c1sccc1I)N1CCCC(O)C1. The van der Waals surface area contributed by atoms with Crippen molar-refractivity contribution >= 4 is 39.8 Å². The molecule has 0 aromatic carbocycles. The highest BCUT2D eigenvalue weighted by molar-refractivity contribution is 14.1.